The van der Waals surface area contributed by atoms with E-state index < -0.39 is 0 Å². The van der Waals surface area contributed by atoms with Gasteiger partial charge in [0, 0.05) is 42.1 Å². The Bertz CT molecular complexity index is 3560. The Balaban J connectivity index is 1.17. The largest absolute Gasteiger partial charge is 0.308 e. The first-order chi connectivity index (χ1) is 28.7. The Hall–Kier alpha value is -7.47. The van der Waals surface area contributed by atoms with Crippen molar-refractivity contribution in [2.24, 2.45) is 0 Å². The second-order valence-electron chi connectivity index (χ2n) is 14.8. The van der Waals surface area contributed by atoms with E-state index in [1.165, 1.54) is 48.0 Å². The molecule has 0 radical (unpaired) electrons. The molecule has 0 amide bonds. The van der Waals surface area contributed by atoms with E-state index in [1.54, 1.807) is 11.3 Å². The number of nitrogens with zero attached hydrogens (tertiary/aromatic N) is 4. The SMILES string of the molecule is c1ccc(-c2ccc(-c3nc(-c4ccc5ccccc5c4)nc(-c4c(-n5c6ccccc6c6cc7ccccc7cc65)ccc5c4sc4ccccc45)n3)cc2)cc1. The molecule has 0 aliphatic carbocycles. The van der Waals surface area contributed by atoms with Gasteiger partial charge in [0.1, 0.15) is 0 Å². The number of benzene rings is 9. The quantitative estimate of drug-likeness (QED) is 0.176. The highest BCUT2D eigenvalue weighted by atomic mass is 32.1. The van der Waals surface area contributed by atoms with Crippen LogP contribution in [0.4, 0.5) is 0 Å². The van der Waals surface area contributed by atoms with Crippen LogP contribution >= 0.6 is 11.3 Å². The fourth-order valence-corrected chi connectivity index (χ4v) is 9.85. The summed E-state index contributed by atoms with van der Waals surface area (Å²) in [6.07, 6.45) is 0. The van der Waals surface area contributed by atoms with Crippen molar-refractivity contribution in [3.63, 3.8) is 0 Å². The van der Waals surface area contributed by atoms with Crippen LogP contribution in [0.1, 0.15) is 0 Å². The molecule has 0 N–H and O–H groups in total. The molecule has 0 aliphatic heterocycles. The molecule has 0 spiro atoms. The minimum absolute atomic E-state index is 0.630. The minimum Gasteiger partial charge on any atom is -0.308 e. The molecule has 0 aliphatic rings. The molecular weight excluding hydrogens is 725 g/mol. The van der Waals surface area contributed by atoms with Gasteiger partial charge in [-0.05, 0) is 69.1 Å². The normalized spacial score (nSPS) is 11.8. The summed E-state index contributed by atoms with van der Waals surface area (Å²) >= 11 is 1.80. The standard InChI is InChI=1S/C53H32N4S/c1-2-12-33(13-3-1)35-22-25-36(26-23-35)51-54-52(40-27-24-34-14-4-5-15-37(34)30-40)56-53(55-51)49-46(29-28-43-42-19-9-11-21-48(42)58-50(43)49)57-45-20-10-8-18-41(45)44-31-38-16-6-7-17-39(38)32-47(44)57/h1-32H. The molecule has 0 atom stereocenters. The zero-order valence-corrected chi connectivity index (χ0v) is 32.0. The third-order valence-corrected chi connectivity index (χ3v) is 12.6. The number of rotatable bonds is 5. The lowest BCUT2D eigenvalue weighted by molar-refractivity contribution is 1.07. The van der Waals surface area contributed by atoms with E-state index in [0.29, 0.717) is 17.5 Å². The van der Waals surface area contributed by atoms with Crippen LogP contribution in [0.15, 0.2) is 194 Å². The van der Waals surface area contributed by atoms with Gasteiger partial charge in [0.2, 0.25) is 0 Å². The predicted molar refractivity (Wildman–Crippen MR) is 244 cm³/mol. The molecule has 3 aromatic heterocycles. The highest BCUT2D eigenvalue weighted by Gasteiger charge is 2.24. The van der Waals surface area contributed by atoms with Gasteiger partial charge in [0.05, 0.1) is 22.3 Å². The lowest BCUT2D eigenvalue weighted by Crippen LogP contribution is -2.04. The third kappa shape index (κ3) is 5.25. The molecule has 0 bridgehead atoms. The van der Waals surface area contributed by atoms with E-state index in [-0.39, 0.29) is 0 Å². The maximum atomic E-state index is 5.44. The number of hydrogen-bond acceptors (Lipinski definition) is 4. The molecule has 4 nitrogen and oxygen atoms in total. The molecule has 0 unspecified atom stereocenters. The topological polar surface area (TPSA) is 43.6 Å². The third-order valence-electron chi connectivity index (χ3n) is 11.4. The summed E-state index contributed by atoms with van der Waals surface area (Å²) in [4.78, 5) is 16.1. The number of aromatic nitrogens is 4. The van der Waals surface area contributed by atoms with E-state index in [0.717, 1.165) is 49.1 Å². The van der Waals surface area contributed by atoms with Crippen LogP contribution in [0.5, 0.6) is 0 Å². The molecule has 0 saturated carbocycles. The van der Waals surface area contributed by atoms with E-state index in [4.69, 9.17) is 15.0 Å². The molecule has 12 rings (SSSR count). The van der Waals surface area contributed by atoms with E-state index in [1.807, 2.05) is 6.07 Å². The molecule has 12 aromatic rings. The summed E-state index contributed by atoms with van der Waals surface area (Å²) in [6.45, 7) is 0. The first-order valence-corrected chi connectivity index (χ1v) is 20.3. The highest BCUT2D eigenvalue weighted by Crippen LogP contribution is 2.45. The van der Waals surface area contributed by atoms with Gasteiger partial charge in [-0.1, -0.05) is 158 Å². The van der Waals surface area contributed by atoms with Crippen molar-refractivity contribution in [3.05, 3.63) is 194 Å². The summed E-state index contributed by atoms with van der Waals surface area (Å²) in [5.41, 5.74) is 8.48. The second kappa shape index (κ2) is 13.1. The average Bonchev–Trinajstić information content (AvgIpc) is 3.83. The molecular formula is C53H32N4S. The van der Waals surface area contributed by atoms with Crippen molar-refractivity contribution < 1.29 is 0 Å². The van der Waals surface area contributed by atoms with Crippen LogP contribution in [0.3, 0.4) is 0 Å². The van der Waals surface area contributed by atoms with E-state index in [2.05, 4.69) is 193 Å². The van der Waals surface area contributed by atoms with Gasteiger partial charge < -0.3 is 4.57 Å². The van der Waals surface area contributed by atoms with Gasteiger partial charge in [-0.25, -0.2) is 15.0 Å². The van der Waals surface area contributed by atoms with Gasteiger partial charge >= 0.3 is 0 Å². The molecule has 0 saturated heterocycles. The number of para-hydroxylation sites is 1. The highest BCUT2D eigenvalue weighted by molar-refractivity contribution is 7.26. The van der Waals surface area contributed by atoms with Crippen LogP contribution in [-0.2, 0) is 0 Å². The van der Waals surface area contributed by atoms with Crippen LogP contribution in [0.2, 0.25) is 0 Å². The van der Waals surface area contributed by atoms with Crippen molar-refractivity contribution in [1.82, 2.24) is 19.5 Å². The Morgan fingerprint density at radius 1 is 0.345 bits per heavy atom. The lowest BCUT2D eigenvalue weighted by atomic mass is 10.0. The number of fused-ring (bicyclic) bond motifs is 8. The van der Waals surface area contributed by atoms with E-state index in [9.17, 15) is 0 Å². The Morgan fingerprint density at radius 3 is 1.74 bits per heavy atom. The molecule has 0 fully saturated rings. The average molecular weight is 757 g/mol. The molecule has 270 valence electrons. The van der Waals surface area contributed by atoms with Crippen molar-refractivity contribution in [3.8, 4) is 51.0 Å². The van der Waals surface area contributed by atoms with Gasteiger partial charge in [0.25, 0.3) is 0 Å². The second-order valence-corrected chi connectivity index (χ2v) is 15.9. The number of hydrogen-bond donors (Lipinski definition) is 0. The van der Waals surface area contributed by atoms with Crippen molar-refractivity contribution in [2.75, 3.05) is 0 Å². The summed E-state index contributed by atoms with van der Waals surface area (Å²) in [5, 5.41) is 9.56. The summed E-state index contributed by atoms with van der Waals surface area (Å²) in [6, 6.07) is 69.2. The maximum absolute atomic E-state index is 5.44. The monoisotopic (exact) mass is 756 g/mol. The Labute approximate surface area is 338 Å². The molecule has 58 heavy (non-hydrogen) atoms. The Kier molecular flexibility index (Phi) is 7.37. The van der Waals surface area contributed by atoms with Crippen LogP contribution < -0.4 is 0 Å². The van der Waals surface area contributed by atoms with Crippen LogP contribution in [0.25, 0.3) is 115 Å². The maximum Gasteiger partial charge on any atom is 0.167 e. The van der Waals surface area contributed by atoms with Crippen LogP contribution in [-0.4, -0.2) is 19.5 Å². The molecule has 3 heterocycles. The zero-order chi connectivity index (χ0) is 38.2. The molecule has 5 heteroatoms. The first-order valence-electron chi connectivity index (χ1n) is 19.5. The number of thiophene rings is 1. The van der Waals surface area contributed by atoms with Crippen molar-refractivity contribution in [1.29, 1.82) is 0 Å². The van der Waals surface area contributed by atoms with Crippen LogP contribution in [0, 0.1) is 0 Å². The summed E-state index contributed by atoms with van der Waals surface area (Å²) < 4.78 is 4.79. The van der Waals surface area contributed by atoms with E-state index >= 15 is 0 Å². The fraction of sp³-hybridized carbons (Fsp3) is 0. The van der Waals surface area contributed by atoms with Gasteiger partial charge in [0.15, 0.2) is 17.5 Å². The summed E-state index contributed by atoms with van der Waals surface area (Å²) in [5.74, 6) is 1.90. The predicted octanol–water partition coefficient (Wildman–Crippen LogP) is 14.3. The minimum atomic E-state index is 0.630. The van der Waals surface area contributed by atoms with Gasteiger partial charge in [-0.15, -0.1) is 11.3 Å². The fourth-order valence-electron chi connectivity index (χ4n) is 8.61. The van der Waals surface area contributed by atoms with Crippen molar-refractivity contribution >= 4 is 74.9 Å². The Morgan fingerprint density at radius 2 is 0.931 bits per heavy atom. The van der Waals surface area contributed by atoms with Crippen molar-refractivity contribution in [2.45, 2.75) is 0 Å². The first kappa shape index (κ1) is 32.7. The smallest absolute Gasteiger partial charge is 0.167 e. The van der Waals surface area contributed by atoms with Gasteiger partial charge in [-0.2, -0.15) is 0 Å². The lowest BCUT2D eigenvalue weighted by Gasteiger charge is -2.16. The summed E-state index contributed by atoms with van der Waals surface area (Å²) in [7, 11) is 0. The zero-order valence-electron chi connectivity index (χ0n) is 31.2. The molecule has 9 aromatic carbocycles. The van der Waals surface area contributed by atoms with Gasteiger partial charge in [-0.3, -0.25) is 0 Å².